The Morgan fingerprint density at radius 1 is 0.970 bits per heavy atom. The van der Waals surface area contributed by atoms with Crippen LogP contribution in [0.5, 0.6) is 11.5 Å². The predicted molar refractivity (Wildman–Crippen MR) is 129 cm³/mol. The number of halogens is 1. The standard InChI is InChI=1S/C25H20ClN3O4/c1-32-24-16-25(33-2)20(22-12-13-27-28(22)23-9-4-3-8-21(23)26)15-18(24)11-10-17-6-5-7-19(14-17)29(30)31/h3-16H,1-2H3/b11-10+. The van der Waals surface area contributed by atoms with Gasteiger partial charge in [0.05, 0.1) is 41.7 Å². The summed E-state index contributed by atoms with van der Waals surface area (Å²) in [4.78, 5) is 10.7. The van der Waals surface area contributed by atoms with E-state index in [1.807, 2.05) is 36.4 Å². The number of ether oxygens (including phenoxy) is 2. The van der Waals surface area contributed by atoms with Gasteiger partial charge in [0, 0.05) is 29.3 Å². The van der Waals surface area contributed by atoms with Gasteiger partial charge in [0.15, 0.2) is 0 Å². The molecule has 0 saturated carbocycles. The van der Waals surface area contributed by atoms with Crippen LogP contribution in [0.4, 0.5) is 5.69 Å². The Labute approximate surface area is 195 Å². The topological polar surface area (TPSA) is 79.4 Å². The minimum absolute atomic E-state index is 0.0307. The van der Waals surface area contributed by atoms with Crippen molar-refractivity contribution in [2.45, 2.75) is 0 Å². The summed E-state index contributed by atoms with van der Waals surface area (Å²) >= 11 is 6.41. The maximum absolute atomic E-state index is 11.1. The highest BCUT2D eigenvalue weighted by molar-refractivity contribution is 6.32. The molecule has 0 spiro atoms. The zero-order chi connectivity index (χ0) is 23.4. The van der Waals surface area contributed by atoms with Crippen molar-refractivity contribution in [3.63, 3.8) is 0 Å². The third kappa shape index (κ3) is 4.58. The fourth-order valence-corrected chi connectivity index (χ4v) is 3.72. The highest BCUT2D eigenvalue weighted by Gasteiger charge is 2.17. The van der Waals surface area contributed by atoms with Gasteiger partial charge in [-0.2, -0.15) is 5.10 Å². The second-order valence-electron chi connectivity index (χ2n) is 7.06. The summed E-state index contributed by atoms with van der Waals surface area (Å²) in [6.45, 7) is 0. The lowest BCUT2D eigenvalue weighted by Gasteiger charge is -2.15. The van der Waals surface area contributed by atoms with Gasteiger partial charge in [-0.25, -0.2) is 4.68 Å². The van der Waals surface area contributed by atoms with E-state index in [1.54, 1.807) is 55.4 Å². The molecular weight excluding hydrogens is 442 g/mol. The van der Waals surface area contributed by atoms with E-state index in [0.29, 0.717) is 22.1 Å². The van der Waals surface area contributed by atoms with E-state index in [2.05, 4.69) is 5.10 Å². The van der Waals surface area contributed by atoms with E-state index in [1.165, 1.54) is 12.1 Å². The van der Waals surface area contributed by atoms with Crippen LogP contribution in [0.2, 0.25) is 5.02 Å². The highest BCUT2D eigenvalue weighted by atomic mass is 35.5. The zero-order valence-electron chi connectivity index (χ0n) is 17.9. The number of rotatable bonds is 7. The molecule has 4 aromatic rings. The predicted octanol–water partition coefficient (Wildman–Crippen LogP) is 6.29. The first-order valence-electron chi connectivity index (χ1n) is 9.99. The molecule has 0 amide bonds. The second-order valence-corrected chi connectivity index (χ2v) is 7.47. The molecule has 0 bridgehead atoms. The number of benzene rings is 3. The van der Waals surface area contributed by atoms with E-state index in [9.17, 15) is 10.1 Å². The Balaban J connectivity index is 1.81. The van der Waals surface area contributed by atoms with Gasteiger partial charge < -0.3 is 9.47 Å². The molecule has 4 rings (SSSR count). The van der Waals surface area contributed by atoms with Crippen molar-refractivity contribution in [1.29, 1.82) is 0 Å². The molecular formula is C25H20ClN3O4. The zero-order valence-corrected chi connectivity index (χ0v) is 18.7. The van der Waals surface area contributed by atoms with Crippen LogP contribution in [0, 0.1) is 10.1 Å². The molecule has 0 fully saturated rings. The molecule has 7 nitrogen and oxygen atoms in total. The van der Waals surface area contributed by atoms with Gasteiger partial charge in [-0.15, -0.1) is 0 Å². The molecule has 0 saturated heterocycles. The van der Waals surface area contributed by atoms with Crippen LogP contribution >= 0.6 is 11.6 Å². The molecule has 0 N–H and O–H groups in total. The first-order chi connectivity index (χ1) is 16.0. The van der Waals surface area contributed by atoms with Gasteiger partial charge in [-0.3, -0.25) is 10.1 Å². The number of nitrogens with zero attached hydrogens (tertiary/aromatic N) is 3. The van der Waals surface area contributed by atoms with Gasteiger partial charge >= 0.3 is 0 Å². The molecule has 166 valence electrons. The molecule has 8 heteroatoms. The summed E-state index contributed by atoms with van der Waals surface area (Å²) in [5, 5.41) is 16.1. The van der Waals surface area contributed by atoms with Crippen molar-refractivity contribution in [3.8, 4) is 28.4 Å². The normalized spacial score (nSPS) is 11.0. The minimum Gasteiger partial charge on any atom is -0.496 e. The number of nitro groups is 1. The second kappa shape index (κ2) is 9.58. The van der Waals surface area contributed by atoms with Crippen LogP contribution in [0.3, 0.4) is 0 Å². The quantitative estimate of drug-likeness (QED) is 0.183. The van der Waals surface area contributed by atoms with Crippen molar-refractivity contribution < 1.29 is 14.4 Å². The van der Waals surface area contributed by atoms with Crippen LogP contribution in [0.15, 0.2) is 72.9 Å². The summed E-state index contributed by atoms with van der Waals surface area (Å²) in [5.74, 6) is 1.20. The Bertz CT molecular complexity index is 1350. The van der Waals surface area contributed by atoms with Crippen molar-refractivity contribution in [2.75, 3.05) is 14.2 Å². The lowest BCUT2D eigenvalue weighted by atomic mass is 10.0. The molecule has 0 aliphatic heterocycles. The van der Waals surface area contributed by atoms with E-state index >= 15 is 0 Å². The first-order valence-corrected chi connectivity index (χ1v) is 10.4. The summed E-state index contributed by atoms with van der Waals surface area (Å²) in [7, 11) is 3.17. The van der Waals surface area contributed by atoms with E-state index in [0.717, 1.165) is 22.5 Å². The largest absolute Gasteiger partial charge is 0.496 e. The van der Waals surface area contributed by atoms with Crippen LogP contribution in [0.25, 0.3) is 29.1 Å². The SMILES string of the molecule is COc1cc(OC)c(-c2ccnn2-c2ccccc2Cl)cc1/C=C/c1cccc([N+](=O)[O-])c1. The lowest BCUT2D eigenvalue weighted by molar-refractivity contribution is -0.384. The van der Waals surface area contributed by atoms with E-state index < -0.39 is 4.92 Å². The molecule has 0 aliphatic carbocycles. The average Bonchev–Trinajstić information content (AvgIpc) is 3.32. The molecule has 1 heterocycles. The van der Waals surface area contributed by atoms with Gasteiger partial charge in [-0.05, 0) is 29.8 Å². The molecule has 0 aliphatic rings. The number of hydrogen-bond donors (Lipinski definition) is 0. The summed E-state index contributed by atoms with van der Waals surface area (Å²) in [5.41, 5.74) is 3.81. The molecule has 1 aromatic heterocycles. The minimum atomic E-state index is -0.417. The average molecular weight is 462 g/mol. The Morgan fingerprint density at radius 3 is 2.48 bits per heavy atom. The van der Waals surface area contributed by atoms with E-state index in [4.69, 9.17) is 21.1 Å². The number of aromatic nitrogens is 2. The van der Waals surface area contributed by atoms with Gasteiger partial charge in [0.25, 0.3) is 5.69 Å². The first kappa shape index (κ1) is 22.1. The van der Waals surface area contributed by atoms with Crippen LogP contribution in [0.1, 0.15) is 11.1 Å². The Hall–Kier alpha value is -4.10. The molecule has 0 atom stereocenters. The van der Waals surface area contributed by atoms with Crippen LogP contribution in [-0.2, 0) is 0 Å². The number of non-ortho nitro benzene ring substituents is 1. The van der Waals surface area contributed by atoms with Crippen LogP contribution in [-0.4, -0.2) is 28.9 Å². The highest BCUT2D eigenvalue weighted by Crippen LogP contribution is 2.38. The van der Waals surface area contributed by atoms with Crippen molar-refractivity contribution >= 4 is 29.4 Å². The molecule has 0 unspecified atom stereocenters. The van der Waals surface area contributed by atoms with Crippen molar-refractivity contribution in [1.82, 2.24) is 9.78 Å². The smallest absolute Gasteiger partial charge is 0.270 e. The number of nitro benzene ring substituents is 1. The molecule has 0 radical (unpaired) electrons. The monoisotopic (exact) mass is 461 g/mol. The van der Waals surface area contributed by atoms with Gasteiger partial charge in [0.1, 0.15) is 11.5 Å². The van der Waals surface area contributed by atoms with Crippen molar-refractivity contribution in [3.05, 3.63) is 99.2 Å². The fourth-order valence-electron chi connectivity index (χ4n) is 3.50. The third-order valence-corrected chi connectivity index (χ3v) is 5.41. The summed E-state index contributed by atoms with van der Waals surface area (Å²) in [6.07, 6.45) is 5.34. The fraction of sp³-hybridized carbons (Fsp3) is 0.0800. The Morgan fingerprint density at radius 2 is 1.76 bits per heavy atom. The third-order valence-electron chi connectivity index (χ3n) is 5.09. The number of para-hydroxylation sites is 1. The van der Waals surface area contributed by atoms with E-state index in [-0.39, 0.29) is 5.69 Å². The summed E-state index contributed by atoms with van der Waals surface area (Å²) < 4.78 is 13.0. The maximum Gasteiger partial charge on any atom is 0.270 e. The molecule has 33 heavy (non-hydrogen) atoms. The summed E-state index contributed by atoms with van der Waals surface area (Å²) in [6, 6.07) is 19.5. The van der Waals surface area contributed by atoms with Crippen LogP contribution < -0.4 is 9.47 Å². The maximum atomic E-state index is 11.1. The van der Waals surface area contributed by atoms with Gasteiger partial charge in [0.2, 0.25) is 0 Å². The Kier molecular flexibility index (Phi) is 6.42. The molecule has 3 aromatic carbocycles. The number of hydrogen-bond acceptors (Lipinski definition) is 5. The lowest BCUT2D eigenvalue weighted by Crippen LogP contribution is -2.01. The number of methoxy groups -OCH3 is 2. The van der Waals surface area contributed by atoms with Crippen molar-refractivity contribution in [2.24, 2.45) is 0 Å². The van der Waals surface area contributed by atoms with Gasteiger partial charge in [-0.1, -0.05) is 48.0 Å².